The third-order valence-corrected chi connectivity index (χ3v) is 5.04. The molecule has 1 atom stereocenters. The summed E-state index contributed by atoms with van der Waals surface area (Å²) in [5, 5.41) is 3.57. The monoisotopic (exact) mass is 348 g/mol. The Morgan fingerprint density at radius 3 is 2.76 bits per heavy atom. The van der Waals surface area contributed by atoms with E-state index in [0.717, 1.165) is 23.8 Å². The lowest BCUT2D eigenvalue weighted by Gasteiger charge is -2.11. The summed E-state index contributed by atoms with van der Waals surface area (Å²) in [6.07, 6.45) is 2.51. The van der Waals surface area contributed by atoms with Crippen LogP contribution >= 0.6 is 35.0 Å². The lowest BCUT2D eigenvalue weighted by molar-refractivity contribution is -0.116. The minimum atomic E-state index is -0.0740. The summed E-state index contributed by atoms with van der Waals surface area (Å²) in [6.45, 7) is 4.43. The third kappa shape index (κ3) is 6.81. The van der Waals surface area contributed by atoms with Crippen molar-refractivity contribution in [3.05, 3.63) is 22.2 Å². The van der Waals surface area contributed by atoms with Gasteiger partial charge in [0.15, 0.2) is 0 Å². The quantitative estimate of drug-likeness (QED) is 0.509. The van der Waals surface area contributed by atoms with Gasteiger partial charge >= 0.3 is 0 Å². The minimum Gasteiger partial charge on any atom is -0.397 e. The number of hydrogen-bond donors (Lipinski definition) is 2. The highest BCUT2D eigenvalue weighted by Gasteiger charge is 2.10. The molecule has 3 N–H and O–H groups in total. The van der Waals surface area contributed by atoms with Crippen LogP contribution in [0, 0.1) is 5.92 Å². The molecule has 0 saturated carbocycles. The first-order chi connectivity index (χ1) is 9.93. The van der Waals surface area contributed by atoms with Crippen molar-refractivity contribution in [2.24, 2.45) is 5.92 Å². The predicted molar refractivity (Wildman–Crippen MR) is 95.5 cm³/mol. The second-order valence-corrected chi connectivity index (χ2v) is 7.09. The van der Waals surface area contributed by atoms with Crippen molar-refractivity contribution in [3.63, 3.8) is 0 Å². The Hall–Kier alpha value is -0.580. The molecule has 1 unspecified atom stereocenters. The first-order valence-corrected chi connectivity index (χ1v) is 8.97. The van der Waals surface area contributed by atoms with Crippen LogP contribution in [0.15, 0.2) is 12.1 Å². The fourth-order valence-electron chi connectivity index (χ4n) is 1.66. The van der Waals surface area contributed by atoms with E-state index in [1.807, 2.05) is 11.8 Å². The van der Waals surface area contributed by atoms with E-state index in [1.165, 1.54) is 6.42 Å². The molecule has 0 bridgehead atoms. The normalized spacial score (nSPS) is 12.2. The van der Waals surface area contributed by atoms with Gasteiger partial charge in [0.2, 0.25) is 5.91 Å². The molecule has 1 aromatic carbocycles. The summed E-state index contributed by atoms with van der Waals surface area (Å²) in [6, 6.07) is 3.14. The number of anilines is 2. The van der Waals surface area contributed by atoms with Crippen LogP contribution in [0.25, 0.3) is 0 Å². The molecule has 3 nitrogen and oxygen atoms in total. The first kappa shape index (κ1) is 18.5. The lowest BCUT2D eigenvalue weighted by atomic mass is 10.2. The molecule has 6 heteroatoms. The zero-order chi connectivity index (χ0) is 15.8. The summed E-state index contributed by atoms with van der Waals surface area (Å²) >= 11 is 13.8. The van der Waals surface area contributed by atoms with Gasteiger partial charge in [-0.3, -0.25) is 4.79 Å². The number of rotatable bonds is 8. The maximum absolute atomic E-state index is 11.9. The number of amides is 1. The Balaban J connectivity index is 2.35. The molecule has 0 heterocycles. The smallest absolute Gasteiger partial charge is 0.224 e. The van der Waals surface area contributed by atoms with Crippen molar-refractivity contribution < 1.29 is 4.79 Å². The molecule has 21 heavy (non-hydrogen) atoms. The molecule has 1 rings (SSSR count). The molecule has 0 saturated heterocycles. The van der Waals surface area contributed by atoms with E-state index in [0.29, 0.717) is 27.8 Å². The SMILES string of the molecule is CCC(C)CSCCCC(=O)Nc1c(N)cc(Cl)cc1Cl. The van der Waals surface area contributed by atoms with Gasteiger partial charge in [0.1, 0.15) is 0 Å². The van der Waals surface area contributed by atoms with Gasteiger partial charge in [-0.2, -0.15) is 11.8 Å². The topological polar surface area (TPSA) is 55.1 Å². The fraction of sp³-hybridized carbons (Fsp3) is 0.533. The van der Waals surface area contributed by atoms with Gasteiger partial charge in [-0.05, 0) is 36.0 Å². The number of nitrogens with two attached hydrogens (primary N) is 1. The molecule has 0 aromatic heterocycles. The van der Waals surface area contributed by atoms with Gasteiger partial charge < -0.3 is 11.1 Å². The van der Waals surface area contributed by atoms with Crippen molar-refractivity contribution in [2.45, 2.75) is 33.1 Å². The van der Waals surface area contributed by atoms with Crippen LogP contribution in [0.5, 0.6) is 0 Å². The van der Waals surface area contributed by atoms with E-state index < -0.39 is 0 Å². The average Bonchev–Trinajstić information content (AvgIpc) is 2.42. The highest BCUT2D eigenvalue weighted by atomic mass is 35.5. The lowest BCUT2D eigenvalue weighted by Crippen LogP contribution is -2.13. The minimum absolute atomic E-state index is 0.0740. The van der Waals surface area contributed by atoms with E-state index in [4.69, 9.17) is 28.9 Å². The van der Waals surface area contributed by atoms with Gasteiger partial charge in [-0.15, -0.1) is 0 Å². The average molecular weight is 349 g/mol. The van der Waals surface area contributed by atoms with Crippen LogP contribution in [0.3, 0.4) is 0 Å². The second-order valence-electron chi connectivity index (χ2n) is 5.09. The number of halogens is 2. The van der Waals surface area contributed by atoms with Crippen molar-refractivity contribution in [2.75, 3.05) is 22.6 Å². The van der Waals surface area contributed by atoms with Gasteiger partial charge in [-0.25, -0.2) is 0 Å². The zero-order valence-electron chi connectivity index (χ0n) is 12.4. The van der Waals surface area contributed by atoms with Gasteiger partial charge in [0.05, 0.1) is 16.4 Å². The largest absolute Gasteiger partial charge is 0.397 e. The highest BCUT2D eigenvalue weighted by Crippen LogP contribution is 2.32. The van der Waals surface area contributed by atoms with Crippen molar-refractivity contribution in [3.8, 4) is 0 Å². The Kier molecular flexibility index (Phi) is 8.30. The number of thioether (sulfide) groups is 1. The first-order valence-electron chi connectivity index (χ1n) is 7.06. The van der Waals surface area contributed by atoms with Crippen molar-refractivity contribution in [1.82, 2.24) is 0 Å². The molecule has 0 fully saturated rings. The fourth-order valence-corrected chi connectivity index (χ4v) is 3.37. The molecule has 0 spiro atoms. The summed E-state index contributed by atoms with van der Waals surface area (Å²) in [5.41, 5.74) is 6.63. The van der Waals surface area contributed by atoms with E-state index >= 15 is 0 Å². The number of carbonyl (C=O) groups excluding carboxylic acids is 1. The summed E-state index contributed by atoms with van der Waals surface area (Å²) in [4.78, 5) is 11.9. The van der Waals surface area contributed by atoms with Crippen LogP contribution in [-0.4, -0.2) is 17.4 Å². The Bertz CT molecular complexity index is 460. The summed E-state index contributed by atoms with van der Waals surface area (Å²) < 4.78 is 0. The van der Waals surface area contributed by atoms with E-state index in [9.17, 15) is 4.79 Å². The molecule has 118 valence electrons. The van der Waals surface area contributed by atoms with Gasteiger partial charge in [0.25, 0.3) is 0 Å². The van der Waals surface area contributed by atoms with Gasteiger partial charge in [-0.1, -0.05) is 43.5 Å². The molecule has 0 aliphatic heterocycles. The van der Waals surface area contributed by atoms with Crippen LogP contribution in [0.1, 0.15) is 33.1 Å². The van der Waals surface area contributed by atoms with E-state index in [2.05, 4.69) is 19.2 Å². The molecule has 1 aromatic rings. The Morgan fingerprint density at radius 2 is 2.14 bits per heavy atom. The molecule has 0 aliphatic carbocycles. The summed E-state index contributed by atoms with van der Waals surface area (Å²) in [5.74, 6) is 2.79. The maximum Gasteiger partial charge on any atom is 0.224 e. The number of nitrogens with one attached hydrogen (secondary N) is 1. The Morgan fingerprint density at radius 1 is 1.43 bits per heavy atom. The van der Waals surface area contributed by atoms with E-state index in [-0.39, 0.29) is 5.91 Å². The molecule has 0 aliphatic rings. The maximum atomic E-state index is 11.9. The van der Waals surface area contributed by atoms with Crippen LogP contribution in [-0.2, 0) is 4.79 Å². The Labute approximate surface area is 140 Å². The van der Waals surface area contributed by atoms with E-state index in [1.54, 1.807) is 12.1 Å². The molecule has 1 amide bonds. The number of nitrogen functional groups attached to an aromatic ring is 1. The number of carbonyl (C=O) groups is 1. The standard InChI is InChI=1S/C15H22Cl2N2OS/c1-3-10(2)9-21-6-4-5-14(20)19-15-12(17)7-11(16)8-13(15)18/h7-8,10H,3-6,9,18H2,1-2H3,(H,19,20). The number of hydrogen-bond acceptors (Lipinski definition) is 3. The van der Waals surface area contributed by atoms with Gasteiger partial charge in [0, 0.05) is 11.4 Å². The third-order valence-electron chi connectivity index (χ3n) is 3.14. The van der Waals surface area contributed by atoms with Crippen LogP contribution in [0.4, 0.5) is 11.4 Å². The number of benzene rings is 1. The highest BCUT2D eigenvalue weighted by molar-refractivity contribution is 7.99. The molecule has 0 radical (unpaired) electrons. The van der Waals surface area contributed by atoms with Crippen molar-refractivity contribution >= 4 is 52.2 Å². The molecular formula is C15H22Cl2N2OS. The molecular weight excluding hydrogens is 327 g/mol. The predicted octanol–water partition coefficient (Wildman–Crippen LogP) is 5.07. The second kappa shape index (κ2) is 9.44. The van der Waals surface area contributed by atoms with Crippen LogP contribution in [0.2, 0.25) is 10.0 Å². The summed E-state index contributed by atoms with van der Waals surface area (Å²) in [7, 11) is 0. The zero-order valence-corrected chi connectivity index (χ0v) is 14.7. The van der Waals surface area contributed by atoms with Crippen molar-refractivity contribution in [1.29, 1.82) is 0 Å². The van der Waals surface area contributed by atoms with Crippen LogP contribution < -0.4 is 11.1 Å².